The molecule has 1 aromatic carbocycles. The number of carbonyl (C=O) groups is 1. The van der Waals surface area contributed by atoms with Crippen molar-refractivity contribution in [2.24, 2.45) is 35.5 Å². The van der Waals surface area contributed by atoms with E-state index >= 15 is 0 Å². The van der Waals surface area contributed by atoms with Gasteiger partial charge in [0.2, 0.25) is 0 Å². The molecular weight excluding hydrogens is 276 g/mol. The number of ether oxygens (including phenoxy) is 2. The third-order valence-corrected chi connectivity index (χ3v) is 7.38. The summed E-state index contributed by atoms with van der Waals surface area (Å²) in [5.74, 6) is 4.49. The van der Waals surface area contributed by atoms with Gasteiger partial charge in [-0.2, -0.15) is 0 Å². The fourth-order valence-corrected chi connectivity index (χ4v) is 6.90. The monoisotopic (exact) mass is 296 g/mol. The lowest BCUT2D eigenvalue weighted by Crippen LogP contribution is -2.53. The second kappa shape index (κ2) is 3.69. The minimum atomic E-state index is -0.651. The molecule has 3 heteroatoms. The molecule has 7 unspecified atom stereocenters. The van der Waals surface area contributed by atoms with Crippen molar-refractivity contribution in [3.63, 3.8) is 0 Å². The number of benzene rings is 1. The average Bonchev–Trinajstić information content (AvgIpc) is 3.25. The molecule has 0 saturated heterocycles. The van der Waals surface area contributed by atoms with Gasteiger partial charge in [-0.15, -0.1) is 0 Å². The van der Waals surface area contributed by atoms with Crippen molar-refractivity contribution in [2.45, 2.75) is 37.9 Å². The first-order valence-corrected chi connectivity index (χ1v) is 8.76. The number of hydrogen-bond acceptors (Lipinski definition) is 3. The van der Waals surface area contributed by atoms with Crippen LogP contribution in [0.25, 0.3) is 0 Å². The van der Waals surface area contributed by atoms with Crippen LogP contribution in [0.2, 0.25) is 0 Å². The second-order valence-corrected chi connectivity index (χ2v) is 8.09. The summed E-state index contributed by atoms with van der Waals surface area (Å²) in [5, 5.41) is 0. The topological polar surface area (TPSA) is 35.5 Å². The van der Waals surface area contributed by atoms with Gasteiger partial charge < -0.3 is 9.47 Å². The molecule has 7 atom stereocenters. The molecule has 5 aliphatic rings. The van der Waals surface area contributed by atoms with Crippen LogP contribution in [0.1, 0.15) is 42.5 Å². The summed E-state index contributed by atoms with van der Waals surface area (Å²) in [6.07, 6.45) is 6.37. The van der Waals surface area contributed by atoms with E-state index < -0.39 is 5.79 Å². The summed E-state index contributed by atoms with van der Waals surface area (Å²) in [5.41, 5.74) is 0.584. The minimum absolute atomic E-state index is 0.186. The number of carbonyl (C=O) groups excluding carboxylic acids is 1. The van der Waals surface area contributed by atoms with Crippen LogP contribution < -0.4 is 4.74 Å². The SMILES string of the molecule is O=C1OC2(CC3CC2C2C4CCC(C4)C32)Oc2ccccc21. The normalized spacial score (nSPS) is 49.9. The van der Waals surface area contributed by atoms with Crippen molar-refractivity contribution in [3.8, 4) is 5.75 Å². The molecule has 4 saturated carbocycles. The van der Waals surface area contributed by atoms with Crippen LogP contribution in [-0.4, -0.2) is 11.8 Å². The van der Waals surface area contributed by atoms with Crippen molar-refractivity contribution in [2.75, 3.05) is 0 Å². The summed E-state index contributed by atoms with van der Waals surface area (Å²) >= 11 is 0. The Morgan fingerprint density at radius 1 is 0.955 bits per heavy atom. The number of hydrogen-bond donors (Lipinski definition) is 0. The zero-order valence-electron chi connectivity index (χ0n) is 12.5. The molecule has 1 spiro atoms. The fourth-order valence-electron chi connectivity index (χ4n) is 6.90. The predicted octanol–water partition coefficient (Wildman–Crippen LogP) is 3.63. The molecule has 0 aromatic heterocycles. The molecule has 22 heavy (non-hydrogen) atoms. The van der Waals surface area contributed by atoms with Crippen LogP contribution in [-0.2, 0) is 4.74 Å². The van der Waals surface area contributed by atoms with E-state index in [0.29, 0.717) is 17.4 Å². The average molecular weight is 296 g/mol. The van der Waals surface area contributed by atoms with E-state index in [4.69, 9.17) is 9.47 Å². The van der Waals surface area contributed by atoms with Crippen LogP contribution >= 0.6 is 0 Å². The van der Waals surface area contributed by atoms with Gasteiger partial charge >= 0.3 is 5.97 Å². The Balaban J connectivity index is 1.42. The molecule has 6 rings (SSSR count). The van der Waals surface area contributed by atoms with Gasteiger partial charge in [0, 0.05) is 12.3 Å². The molecule has 1 heterocycles. The Morgan fingerprint density at radius 2 is 1.77 bits per heavy atom. The van der Waals surface area contributed by atoms with E-state index in [1.165, 1.54) is 25.7 Å². The molecule has 4 fully saturated rings. The van der Waals surface area contributed by atoms with Crippen molar-refractivity contribution >= 4 is 5.97 Å². The van der Waals surface area contributed by atoms with Gasteiger partial charge in [-0.1, -0.05) is 12.1 Å². The Hall–Kier alpha value is -1.51. The van der Waals surface area contributed by atoms with Gasteiger partial charge in [-0.25, -0.2) is 4.79 Å². The standard InChI is InChI=1S/C19H20O3/c20-18-13-3-1-2-4-15(13)21-19(22-18)9-12-8-14(19)17-11-6-5-10(7-11)16(12)17/h1-4,10-12,14,16-17H,5-9H2. The summed E-state index contributed by atoms with van der Waals surface area (Å²) in [6.45, 7) is 0. The van der Waals surface area contributed by atoms with Crippen molar-refractivity contribution in [1.29, 1.82) is 0 Å². The fraction of sp³-hybridized carbons (Fsp3) is 0.632. The largest absolute Gasteiger partial charge is 0.451 e. The zero-order valence-corrected chi connectivity index (χ0v) is 12.5. The first kappa shape index (κ1) is 12.0. The smallest absolute Gasteiger partial charge is 0.345 e. The molecule has 4 bridgehead atoms. The third kappa shape index (κ3) is 1.24. The van der Waals surface area contributed by atoms with Gasteiger partial charge in [-0.05, 0) is 67.4 Å². The highest BCUT2D eigenvalue weighted by Gasteiger charge is 2.70. The summed E-state index contributed by atoms with van der Waals surface area (Å²) < 4.78 is 12.3. The van der Waals surface area contributed by atoms with Crippen LogP contribution in [0.15, 0.2) is 24.3 Å². The highest BCUT2D eigenvalue weighted by Crippen LogP contribution is 2.70. The Kier molecular flexibility index (Phi) is 2.01. The Bertz CT molecular complexity index is 683. The van der Waals surface area contributed by atoms with E-state index in [0.717, 1.165) is 35.8 Å². The van der Waals surface area contributed by atoms with Crippen LogP contribution in [0.5, 0.6) is 5.75 Å². The van der Waals surface area contributed by atoms with E-state index in [-0.39, 0.29) is 5.97 Å². The molecule has 1 aliphatic heterocycles. The highest BCUT2D eigenvalue weighted by molar-refractivity contribution is 5.93. The van der Waals surface area contributed by atoms with Crippen molar-refractivity contribution < 1.29 is 14.3 Å². The summed E-state index contributed by atoms with van der Waals surface area (Å²) in [4.78, 5) is 12.5. The lowest BCUT2D eigenvalue weighted by molar-refractivity contribution is -0.206. The molecule has 0 N–H and O–H groups in total. The van der Waals surface area contributed by atoms with Gasteiger partial charge in [0.05, 0.1) is 0 Å². The van der Waals surface area contributed by atoms with Crippen molar-refractivity contribution in [1.82, 2.24) is 0 Å². The molecule has 3 nitrogen and oxygen atoms in total. The minimum Gasteiger partial charge on any atom is -0.451 e. The Labute approximate surface area is 130 Å². The van der Waals surface area contributed by atoms with Crippen LogP contribution in [0, 0.1) is 35.5 Å². The maximum absolute atomic E-state index is 12.5. The molecule has 0 amide bonds. The highest BCUT2D eigenvalue weighted by atomic mass is 16.7. The summed E-state index contributed by atoms with van der Waals surface area (Å²) in [7, 11) is 0. The van der Waals surface area contributed by atoms with E-state index in [1.54, 1.807) is 6.07 Å². The first-order chi connectivity index (χ1) is 10.8. The lowest BCUT2D eigenvalue weighted by atomic mass is 9.68. The maximum Gasteiger partial charge on any atom is 0.345 e. The first-order valence-electron chi connectivity index (χ1n) is 8.76. The summed E-state index contributed by atoms with van der Waals surface area (Å²) in [6, 6.07) is 7.53. The number of para-hydroxylation sites is 1. The molecule has 4 aliphatic carbocycles. The number of rotatable bonds is 0. The second-order valence-electron chi connectivity index (χ2n) is 8.09. The van der Waals surface area contributed by atoms with Crippen LogP contribution in [0.4, 0.5) is 0 Å². The van der Waals surface area contributed by atoms with Crippen molar-refractivity contribution in [3.05, 3.63) is 29.8 Å². The van der Waals surface area contributed by atoms with Gasteiger partial charge in [-0.3, -0.25) is 0 Å². The van der Waals surface area contributed by atoms with Gasteiger partial charge in [0.25, 0.3) is 5.79 Å². The lowest BCUT2D eigenvalue weighted by Gasteiger charge is -2.46. The molecule has 1 aromatic rings. The van der Waals surface area contributed by atoms with E-state index in [1.807, 2.05) is 18.2 Å². The Morgan fingerprint density at radius 3 is 2.68 bits per heavy atom. The third-order valence-electron chi connectivity index (χ3n) is 7.38. The maximum atomic E-state index is 12.5. The van der Waals surface area contributed by atoms with Crippen LogP contribution in [0.3, 0.4) is 0 Å². The quantitative estimate of drug-likeness (QED) is 0.541. The predicted molar refractivity (Wildman–Crippen MR) is 79.2 cm³/mol. The molecule has 0 radical (unpaired) electrons. The zero-order chi connectivity index (χ0) is 14.5. The van der Waals surface area contributed by atoms with E-state index in [2.05, 4.69) is 0 Å². The molecule has 114 valence electrons. The van der Waals surface area contributed by atoms with E-state index in [9.17, 15) is 4.79 Å². The number of esters is 1. The van der Waals surface area contributed by atoms with Gasteiger partial charge in [0.1, 0.15) is 11.3 Å². The van der Waals surface area contributed by atoms with Gasteiger partial charge in [0.15, 0.2) is 0 Å². The molecular formula is C19H20O3. The number of fused-ring (bicyclic) bond motifs is 11.